The molecule has 104 valence electrons. The Hall–Kier alpha value is -1.45. The van der Waals surface area contributed by atoms with E-state index in [0.29, 0.717) is 0 Å². The van der Waals surface area contributed by atoms with Crippen molar-refractivity contribution in [2.45, 2.75) is 19.6 Å². The van der Waals surface area contributed by atoms with Gasteiger partial charge >= 0.3 is 0 Å². The number of aromatic nitrogens is 2. The van der Waals surface area contributed by atoms with E-state index in [1.54, 1.807) is 0 Å². The van der Waals surface area contributed by atoms with Gasteiger partial charge in [0, 0.05) is 3.57 Å². The molecule has 3 rings (SSSR count). The predicted molar refractivity (Wildman–Crippen MR) is 100.0 cm³/mol. The van der Waals surface area contributed by atoms with Crippen LogP contribution in [-0.2, 0) is 0 Å². The first-order chi connectivity index (χ1) is 9.92. The van der Waals surface area contributed by atoms with Gasteiger partial charge in [-0.3, -0.25) is 0 Å². The van der Waals surface area contributed by atoms with Crippen LogP contribution in [0.2, 0.25) is 19.6 Å². The minimum atomic E-state index is -1.40. The van der Waals surface area contributed by atoms with Crippen LogP contribution in [0.15, 0.2) is 36.4 Å². The predicted octanol–water partition coefficient (Wildman–Crippen LogP) is 4.62. The third kappa shape index (κ3) is 3.25. The molecule has 0 atom stereocenters. The van der Waals surface area contributed by atoms with Gasteiger partial charge in [0.05, 0.1) is 22.1 Å². The molecule has 0 unspecified atom stereocenters. The number of nitrogens with zero attached hydrogens (tertiary/aromatic N) is 2. The second kappa shape index (κ2) is 5.39. The van der Waals surface area contributed by atoms with Gasteiger partial charge in [-0.05, 0) is 52.9 Å². The van der Waals surface area contributed by atoms with E-state index < -0.39 is 8.07 Å². The summed E-state index contributed by atoms with van der Waals surface area (Å²) in [5, 5.41) is 0. The van der Waals surface area contributed by atoms with Crippen LogP contribution >= 0.6 is 22.6 Å². The van der Waals surface area contributed by atoms with Crippen LogP contribution in [0.1, 0.15) is 5.56 Å². The quantitative estimate of drug-likeness (QED) is 0.237. The van der Waals surface area contributed by atoms with Gasteiger partial charge in [-0.2, -0.15) is 0 Å². The molecular weight excluding hydrogens is 387 g/mol. The molecule has 0 radical (unpaired) electrons. The lowest BCUT2D eigenvalue weighted by atomic mass is 10.1. The highest BCUT2D eigenvalue weighted by molar-refractivity contribution is 14.1. The molecule has 1 heterocycles. The van der Waals surface area contributed by atoms with Gasteiger partial charge in [-0.25, -0.2) is 9.97 Å². The minimum absolute atomic E-state index is 0.900. The van der Waals surface area contributed by atoms with Crippen molar-refractivity contribution in [3.63, 3.8) is 0 Å². The largest absolute Gasteiger partial charge is 0.244 e. The van der Waals surface area contributed by atoms with Crippen LogP contribution in [-0.4, -0.2) is 18.0 Å². The maximum atomic E-state index is 4.77. The molecule has 0 saturated carbocycles. The molecule has 0 N–H and O–H groups in total. The van der Waals surface area contributed by atoms with Crippen LogP contribution in [0, 0.1) is 15.0 Å². The average molecular weight is 402 g/mol. The Morgan fingerprint density at radius 2 is 1.76 bits per heavy atom. The molecule has 0 saturated heterocycles. The number of rotatable bonds is 0. The lowest BCUT2D eigenvalue weighted by molar-refractivity contribution is 1.38. The Kier molecular flexibility index (Phi) is 3.72. The molecule has 0 fully saturated rings. The minimum Gasteiger partial charge on any atom is -0.244 e. The molecule has 0 aliphatic heterocycles. The third-order valence-electron chi connectivity index (χ3n) is 3.00. The summed E-state index contributed by atoms with van der Waals surface area (Å²) in [5.41, 5.74) is 8.05. The third-order valence-corrected chi connectivity index (χ3v) is 4.54. The Balaban J connectivity index is 2.27. The summed E-state index contributed by atoms with van der Waals surface area (Å²) in [6.45, 7) is 6.73. The molecule has 0 bridgehead atoms. The highest BCUT2D eigenvalue weighted by atomic mass is 127. The first-order valence-corrected chi connectivity index (χ1v) is 11.4. The summed E-state index contributed by atoms with van der Waals surface area (Å²) in [5.74, 6) is 3.31. The monoisotopic (exact) mass is 402 g/mol. The summed E-state index contributed by atoms with van der Waals surface area (Å²) in [7, 11) is -1.40. The molecule has 3 aromatic rings. The van der Waals surface area contributed by atoms with E-state index in [9.17, 15) is 0 Å². The van der Waals surface area contributed by atoms with Crippen molar-refractivity contribution in [2.75, 3.05) is 0 Å². The molecular formula is C17H15IN2Si. The average Bonchev–Trinajstić information content (AvgIpc) is 2.42. The van der Waals surface area contributed by atoms with Gasteiger partial charge in [0.2, 0.25) is 0 Å². The lowest BCUT2D eigenvalue weighted by Gasteiger charge is -2.05. The molecule has 4 heteroatoms. The summed E-state index contributed by atoms with van der Waals surface area (Å²) in [6, 6.07) is 12.2. The molecule has 2 nitrogen and oxygen atoms in total. The van der Waals surface area contributed by atoms with E-state index in [1.807, 2.05) is 24.3 Å². The van der Waals surface area contributed by atoms with Gasteiger partial charge in [-0.15, -0.1) is 5.54 Å². The summed E-state index contributed by atoms with van der Waals surface area (Å²) in [6.07, 6.45) is 0. The number of hydrogen-bond acceptors (Lipinski definition) is 2. The number of hydrogen-bond donors (Lipinski definition) is 0. The maximum absolute atomic E-state index is 4.77. The fraction of sp³-hybridized carbons (Fsp3) is 0.176. The fourth-order valence-corrected chi connectivity index (χ4v) is 3.01. The van der Waals surface area contributed by atoms with Crippen molar-refractivity contribution in [1.82, 2.24) is 9.97 Å². The van der Waals surface area contributed by atoms with Gasteiger partial charge in [0.1, 0.15) is 13.6 Å². The zero-order chi connectivity index (χ0) is 15.0. The highest BCUT2D eigenvalue weighted by Crippen LogP contribution is 2.20. The Morgan fingerprint density at radius 1 is 0.952 bits per heavy atom. The van der Waals surface area contributed by atoms with Crippen molar-refractivity contribution in [3.05, 3.63) is 45.5 Å². The SMILES string of the molecule is C[Si](C)(C)C#Cc1cccc2nc3cc(I)ccc3nc12. The number of fused-ring (bicyclic) bond motifs is 2. The van der Waals surface area contributed by atoms with Crippen LogP contribution < -0.4 is 0 Å². The highest BCUT2D eigenvalue weighted by Gasteiger charge is 2.09. The van der Waals surface area contributed by atoms with Crippen molar-refractivity contribution in [1.29, 1.82) is 0 Å². The van der Waals surface area contributed by atoms with Gasteiger partial charge < -0.3 is 0 Å². The van der Waals surface area contributed by atoms with Gasteiger partial charge in [0.15, 0.2) is 0 Å². The molecule has 2 aromatic carbocycles. The maximum Gasteiger partial charge on any atom is 0.129 e. The van der Waals surface area contributed by atoms with Gasteiger partial charge in [-0.1, -0.05) is 31.6 Å². The van der Waals surface area contributed by atoms with Crippen molar-refractivity contribution >= 4 is 52.7 Å². The normalized spacial score (nSPS) is 11.4. The topological polar surface area (TPSA) is 25.8 Å². The van der Waals surface area contributed by atoms with Crippen molar-refractivity contribution in [3.8, 4) is 11.5 Å². The Labute approximate surface area is 139 Å². The zero-order valence-electron chi connectivity index (χ0n) is 12.2. The molecule has 0 aliphatic carbocycles. The number of para-hydroxylation sites is 1. The molecule has 0 amide bonds. The first kappa shape index (κ1) is 14.5. The van der Waals surface area contributed by atoms with E-state index in [-0.39, 0.29) is 0 Å². The van der Waals surface area contributed by atoms with Crippen LogP contribution in [0.3, 0.4) is 0 Å². The standard InChI is InChI=1S/C17H15IN2Si/c1-21(2,3)10-9-12-5-4-6-15-17(12)20-14-8-7-13(18)11-16(14)19-15/h4-8,11H,1-3H3. The second-order valence-corrected chi connectivity index (χ2v) is 12.0. The summed E-state index contributed by atoms with van der Waals surface area (Å²) in [4.78, 5) is 9.49. The first-order valence-electron chi connectivity index (χ1n) is 6.82. The van der Waals surface area contributed by atoms with E-state index in [1.165, 1.54) is 3.57 Å². The van der Waals surface area contributed by atoms with Gasteiger partial charge in [0.25, 0.3) is 0 Å². The lowest BCUT2D eigenvalue weighted by Crippen LogP contribution is -2.16. The fourth-order valence-electron chi connectivity index (χ4n) is 2.03. The van der Waals surface area contributed by atoms with E-state index >= 15 is 0 Å². The zero-order valence-corrected chi connectivity index (χ0v) is 15.4. The van der Waals surface area contributed by atoms with Crippen molar-refractivity contribution < 1.29 is 0 Å². The van der Waals surface area contributed by atoms with E-state index in [4.69, 9.17) is 9.97 Å². The number of benzene rings is 2. The Morgan fingerprint density at radius 3 is 2.52 bits per heavy atom. The summed E-state index contributed by atoms with van der Waals surface area (Å²) >= 11 is 2.29. The van der Waals surface area contributed by atoms with E-state index in [0.717, 1.165) is 27.6 Å². The molecule has 0 spiro atoms. The molecule has 21 heavy (non-hydrogen) atoms. The molecule has 0 aliphatic rings. The second-order valence-electron chi connectivity index (χ2n) is 6.03. The Bertz CT molecular complexity index is 901. The number of halogens is 1. The van der Waals surface area contributed by atoms with Crippen LogP contribution in [0.25, 0.3) is 22.1 Å². The van der Waals surface area contributed by atoms with Crippen molar-refractivity contribution in [2.24, 2.45) is 0 Å². The van der Waals surface area contributed by atoms with Crippen LogP contribution in [0.5, 0.6) is 0 Å². The smallest absolute Gasteiger partial charge is 0.129 e. The molecule has 1 aromatic heterocycles. The van der Waals surface area contributed by atoms with E-state index in [2.05, 4.69) is 65.8 Å². The van der Waals surface area contributed by atoms with Crippen LogP contribution in [0.4, 0.5) is 0 Å². The summed E-state index contributed by atoms with van der Waals surface area (Å²) < 4.78 is 1.17.